The molecular weight excluding hydrogens is 246 g/mol. The molecule has 0 atom stereocenters. The molecule has 0 unspecified atom stereocenters. The first kappa shape index (κ1) is 12.6. The summed E-state index contributed by atoms with van der Waals surface area (Å²) in [6, 6.07) is 16.6. The fraction of sp³-hybridized carbons (Fsp3) is 0.118. The Labute approximate surface area is 118 Å². The fourth-order valence-electron chi connectivity index (χ4n) is 2.48. The molecule has 100 valence electrons. The Morgan fingerprint density at radius 2 is 1.70 bits per heavy atom. The van der Waals surface area contributed by atoms with Crippen molar-refractivity contribution < 1.29 is 0 Å². The highest BCUT2D eigenvalue weighted by molar-refractivity contribution is 5.96. The first-order valence-electron chi connectivity index (χ1n) is 6.63. The lowest BCUT2D eigenvalue weighted by Crippen LogP contribution is -2.10. The summed E-state index contributed by atoms with van der Waals surface area (Å²) in [5.74, 6) is 5.70. The number of hydrogen-bond donors (Lipinski definition) is 2. The summed E-state index contributed by atoms with van der Waals surface area (Å²) in [5.41, 5.74) is 9.17. The van der Waals surface area contributed by atoms with Crippen LogP contribution in [0, 0.1) is 13.8 Å². The van der Waals surface area contributed by atoms with Gasteiger partial charge in [0, 0.05) is 11.1 Å². The van der Waals surface area contributed by atoms with Crippen LogP contribution >= 0.6 is 0 Å². The zero-order chi connectivity index (χ0) is 14.1. The number of nitrogens with one attached hydrogen (secondary N) is 1. The standard InChI is InChI=1S/C17H17N3/c1-11-12(2)19-16-9-8-14(10-15(16)17(11)20-18)13-6-4-3-5-7-13/h3-10H,18H2,1-2H3,(H,19,20). The van der Waals surface area contributed by atoms with Crippen LogP contribution in [0.25, 0.3) is 22.0 Å². The Bertz CT molecular complexity index is 764. The Morgan fingerprint density at radius 1 is 0.950 bits per heavy atom. The number of nitrogen functional groups attached to an aromatic ring is 1. The third-order valence-corrected chi connectivity index (χ3v) is 3.72. The van der Waals surface area contributed by atoms with E-state index in [2.05, 4.69) is 34.7 Å². The topological polar surface area (TPSA) is 50.9 Å². The summed E-state index contributed by atoms with van der Waals surface area (Å²) < 4.78 is 0. The van der Waals surface area contributed by atoms with E-state index < -0.39 is 0 Å². The maximum atomic E-state index is 5.70. The van der Waals surface area contributed by atoms with Gasteiger partial charge in [-0.25, -0.2) is 0 Å². The van der Waals surface area contributed by atoms with Gasteiger partial charge in [0.25, 0.3) is 0 Å². The van der Waals surface area contributed by atoms with Gasteiger partial charge in [-0.3, -0.25) is 10.8 Å². The number of benzene rings is 2. The third kappa shape index (κ3) is 2.02. The normalized spacial score (nSPS) is 10.8. The maximum absolute atomic E-state index is 5.70. The summed E-state index contributed by atoms with van der Waals surface area (Å²) in [4.78, 5) is 4.62. The van der Waals surface area contributed by atoms with Crippen molar-refractivity contribution in [2.24, 2.45) is 5.84 Å². The minimum atomic E-state index is 0.949. The Balaban J connectivity index is 2.28. The number of pyridine rings is 1. The second-order valence-electron chi connectivity index (χ2n) is 4.94. The molecular formula is C17H17N3. The lowest BCUT2D eigenvalue weighted by Gasteiger charge is -2.13. The van der Waals surface area contributed by atoms with Crippen molar-refractivity contribution in [2.75, 3.05) is 5.43 Å². The molecule has 0 saturated carbocycles. The Kier molecular flexibility index (Phi) is 3.12. The van der Waals surface area contributed by atoms with Gasteiger partial charge in [-0.1, -0.05) is 36.4 Å². The molecule has 0 fully saturated rings. The first-order valence-corrected chi connectivity index (χ1v) is 6.63. The van der Waals surface area contributed by atoms with Crippen LogP contribution in [0.5, 0.6) is 0 Å². The van der Waals surface area contributed by atoms with E-state index in [1.807, 2.05) is 38.1 Å². The average molecular weight is 263 g/mol. The fourth-order valence-corrected chi connectivity index (χ4v) is 2.48. The van der Waals surface area contributed by atoms with Gasteiger partial charge in [0.15, 0.2) is 0 Å². The van der Waals surface area contributed by atoms with E-state index in [9.17, 15) is 0 Å². The molecule has 1 aromatic heterocycles. The lowest BCUT2D eigenvalue weighted by molar-refractivity contribution is 1.18. The molecule has 3 rings (SSSR count). The Hall–Kier alpha value is -2.39. The van der Waals surface area contributed by atoms with Crippen molar-refractivity contribution in [3.8, 4) is 11.1 Å². The Morgan fingerprint density at radius 3 is 2.40 bits per heavy atom. The quantitative estimate of drug-likeness (QED) is 0.546. The average Bonchev–Trinajstić information content (AvgIpc) is 2.49. The number of anilines is 1. The number of fused-ring (bicyclic) bond motifs is 1. The second kappa shape index (κ2) is 4.94. The molecule has 3 heteroatoms. The molecule has 20 heavy (non-hydrogen) atoms. The molecule has 2 aromatic carbocycles. The number of hydrazine groups is 1. The van der Waals surface area contributed by atoms with Gasteiger partial charge in [0.2, 0.25) is 0 Å². The highest BCUT2D eigenvalue weighted by Crippen LogP contribution is 2.31. The summed E-state index contributed by atoms with van der Waals surface area (Å²) >= 11 is 0. The smallest absolute Gasteiger partial charge is 0.0727 e. The predicted octanol–water partition coefficient (Wildman–Crippen LogP) is 3.80. The highest BCUT2D eigenvalue weighted by atomic mass is 15.2. The lowest BCUT2D eigenvalue weighted by atomic mass is 10.0. The van der Waals surface area contributed by atoms with E-state index >= 15 is 0 Å². The van der Waals surface area contributed by atoms with E-state index in [4.69, 9.17) is 5.84 Å². The molecule has 0 aliphatic heterocycles. The van der Waals surface area contributed by atoms with Gasteiger partial charge in [-0.2, -0.15) is 0 Å². The van der Waals surface area contributed by atoms with Gasteiger partial charge in [-0.15, -0.1) is 0 Å². The number of nitrogens with two attached hydrogens (primary N) is 1. The van der Waals surface area contributed by atoms with Crippen LogP contribution in [0.4, 0.5) is 5.69 Å². The zero-order valence-electron chi connectivity index (χ0n) is 11.6. The minimum absolute atomic E-state index is 0.949. The van der Waals surface area contributed by atoms with Crippen LogP contribution in [-0.4, -0.2) is 4.98 Å². The maximum Gasteiger partial charge on any atom is 0.0727 e. The molecule has 0 spiro atoms. The van der Waals surface area contributed by atoms with E-state index in [1.165, 1.54) is 11.1 Å². The number of aromatic nitrogens is 1. The summed E-state index contributed by atoms with van der Waals surface area (Å²) in [7, 11) is 0. The van der Waals surface area contributed by atoms with Crippen LogP contribution in [-0.2, 0) is 0 Å². The molecule has 3 nitrogen and oxygen atoms in total. The largest absolute Gasteiger partial charge is 0.323 e. The van der Waals surface area contributed by atoms with Crippen molar-refractivity contribution >= 4 is 16.6 Å². The zero-order valence-corrected chi connectivity index (χ0v) is 11.6. The van der Waals surface area contributed by atoms with E-state index in [0.717, 1.165) is 27.8 Å². The second-order valence-corrected chi connectivity index (χ2v) is 4.94. The van der Waals surface area contributed by atoms with Gasteiger partial charge in [-0.05, 0) is 42.7 Å². The number of hydrogen-bond acceptors (Lipinski definition) is 3. The summed E-state index contributed by atoms with van der Waals surface area (Å²) in [5, 5.41) is 1.05. The highest BCUT2D eigenvalue weighted by Gasteiger charge is 2.09. The van der Waals surface area contributed by atoms with Crippen LogP contribution in [0.15, 0.2) is 48.5 Å². The van der Waals surface area contributed by atoms with Gasteiger partial charge < -0.3 is 5.43 Å². The number of aryl methyl sites for hydroxylation is 1. The van der Waals surface area contributed by atoms with E-state index in [1.54, 1.807) is 0 Å². The minimum Gasteiger partial charge on any atom is -0.323 e. The van der Waals surface area contributed by atoms with E-state index in [-0.39, 0.29) is 0 Å². The van der Waals surface area contributed by atoms with Crippen molar-refractivity contribution in [1.82, 2.24) is 4.98 Å². The van der Waals surface area contributed by atoms with Crippen LogP contribution in [0.2, 0.25) is 0 Å². The van der Waals surface area contributed by atoms with E-state index in [0.29, 0.717) is 0 Å². The predicted molar refractivity (Wildman–Crippen MR) is 84.5 cm³/mol. The number of rotatable bonds is 2. The first-order chi connectivity index (χ1) is 9.70. The van der Waals surface area contributed by atoms with Crippen molar-refractivity contribution in [2.45, 2.75) is 13.8 Å². The van der Waals surface area contributed by atoms with Crippen molar-refractivity contribution in [1.29, 1.82) is 0 Å². The SMILES string of the molecule is Cc1nc2ccc(-c3ccccc3)cc2c(NN)c1C. The molecule has 0 saturated heterocycles. The molecule has 0 aliphatic carbocycles. The summed E-state index contributed by atoms with van der Waals surface area (Å²) in [6.45, 7) is 4.03. The van der Waals surface area contributed by atoms with Crippen molar-refractivity contribution in [3.05, 3.63) is 59.8 Å². The molecule has 3 aromatic rings. The number of nitrogens with zero attached hydrogens (tertiary/aromatic N) is 1. The molecule has 1 heterocycles. The summed E-state index contributed by atoms with van der Waals surface area (Å²) in [6.07, 6.45) is 0. The molecule has 0 radical (unpaired) electrons. The molecule has 0 amide bonds. The van der Waals surface area contributed by atoms with Gasteiger partial charge in [0.05, 0.1) is 11.2 Å². The van der Waals surface area contributed by atoms with Crippen LogP contribution < -0.4 is 11.3 Å². The monoisotopic (exact) mass is 263 g/mol. The van der Waals surface area contributed by atoms with Gasteiger partial charge >= 0.3 is 0 Å². The van der Waals surface area contributed by atoms with Crippen molar-refractivity contribution in [3.63, 3.8) is 0 Å². The molecule has 3 N–H and O–H groups in total. The molecule has 0 bridgehead atoms. The van der Waals surface area contributed by atoms with Crippen LogP contribution in [0.3, 0.4) is 0 Å². The van der Waals surface area contributed by atoms with Crippen LogP contribution in [0.1, 0.15) is 11.3 Å². The third-order valence-electron chi connectivity index (χ3n) is 3.72. The van der Waals surface area contributed by atoms with Gasteiger partial charge in [0.1, 0.15) is 0 Å². The molecule has 0 aliphatic rings.